The number of aromatic amines is 1. The van der Waals surface area contributed by atoms with E-state index in [9.17, 15) is 4.79 Å². The summed E-state index contributed by atoms with van der Waals surface area (Å²) in [6.45, 7) is 2.08. The molecular weight excluding hydrogens is 276 g/mol. The van der Waals surface area contributed by atoms with Crippen molar-refractivity contribution in [2.24, 2.45) is 0 Å². The lowest BCUT2D eigenvalue weighted by atomic mass is 10.3. The first-order valence-electron chi connectivity index (χ1n) is 4.82. The number of nitrogens with zero attached hydrogens (tertiary/aromatic N) is 1. The molecule has 0 bridgehead atoms. The molecule has 5 heteroatoms. The van der Waals surface area contributed by atoms with Crippen molar-refractivity contribution in [1.82, 2.24) is 9.97 Å². The van der Waals surface area contributed by atoms with Crippen molar-refractivity contribution in [1.29, 1.82) is 0 Å². The Labute approximate surface area is 99.7 Å². The predicted octanol–water partition coefficient (Wildman–Crippen LogP) is 2.48. The first kappa shape index (κ1) is 10.8. The predicted molar refractivity (Wildman–Crippen MR) is 67.1 cm³/mol. The third-order valence-corrected chi connectivity index (χ3v) is 3.75. The summed E-state index contributed by atoms with van der Waals surface area (Å²) >= 11 is 4.94. The molecule has 0 atom stereocenters. The molecule has 1 N–H and O–H groups in total. The van der Waals surface area contributed by atoms with Gasteiger partial charge in [0, 0.05) is 16.6 Å². The van der Waals surface area contributed by atoms with E-state index >= 15 is 0 Å². The maximum Gasteiger partial charge on any atom is 0.259 e. The zero-order valence-corrected chi connectivity index (χ0v) is 10.7. The maximum absolute atomic E-state index is 11.7. The zero-order chi connectivity index (χ0) is 10.8. The van der Waals surface area contributed by atoms with E-state index in [1.165, 1.54) is 4.88 Å². The van der Waals surface area contributed by atoms with E-state index < -0.39 is 0 Å². The summed E-state index contributed by atoms with van der Waals surface area (Å²) in [5, 5.41) is 1.53. The van der Waals surface area contributed by atoms with Gasteiger partial charge in [-0.2, -0.15) is 0 Å². The van der Waals surface area contributed by atoms with Crippen LogP contribution in [-0.4, -0.2) is 15.3 Å². The third-order valence-electron chi connectivity index (χ3n) is 2.18. The lowest BCUT2D eigenvalue weighted by Crippen LogP contribution is -2.10. The van der Waals surface area contributed by atoms with Gasteiger partial charge in [-0.3, -0.25) is 4.79 Å². The molecule has 0 aliphatic heterocycles. The highest BCUT2D eigenvalue weighted by atomic mass is 79.9. The smallest absolute Gasteiger partial charge is 0.259 e. The van der Waals surface area contributed by atoms with Crippen LogP contribution in [0, 0.1) is 0 Å². The quantitative estimate of drug-likeness (QED) is 0.881. The van der Waals surface area contributed by atoms with Gasteiger partial charge >= 0.3 is 0 Å². The average molecular weight is 287 g/mol. The maximum atomic E-state index is 11.7. The minimum absolute atomic E-state index is 0.0214. The number of halogens is 1. The van der Waals surface area contributed by atoms with E-state index in [0.29, 0.717) is 0 Å². The third kappa shape index (κ3) is 2.13. The van der Waals surface area contributed by atoms with Gasteiger partial charge in [-0.15, -0.1) is 11.3 Å². The Balaban J connectivity index is 2.60. The number of alkyl halides is 1. The summed E-state index contributed by atoms with van der Waals surface area (Å²) in [7, 11) is 0. The highest BCUT2D eigenvalue weighted by Gasteiger charge is 2.07. The number of fused-ring (bicyclic) bond motifs is 1. The first-order valence-corrected chi connectivity index (χ1v) is 6.76. The molecule has 15 heavy (non-hydrogen) atoms. The van der Waals surface area contributed by atoms with Crippen LogP contribution in [0.3, 0.4) is 0 Å². The van der Waals surface area contributed by atoms with Crippen molar-refractivity contribution in [3.05, 3.63) is 27.1 Å². The molecule has 0 fully saturated rings. The molecule has 0 aromatic carbocycles. The van der Waals surface area contributed by atoms with Crippen LogP contribution in [-0.2, 0) is 12.8 Å². The second-order valence-corrected chi connectivity index (χ2v) is 5.14. The van der Waals surface area contributed by atoms with Crippen LogP contribution in [0.15, 0.2) is 10.9 Å². The van der Waals surface area contributed by atoms with Crippen LogP contribution in [0.2, 0.25) is 0 Å². The molecule has 2 rings (SSSR count). The van der Waals surface area contributed by atoms with Crippen molar-refractivity contribution >= 4 is 37.5 Å². The topological polar surface area (TPSA) is 45.8 Å². The fraction of sp³-hybridized carbons (Fsp3) is 0.400. The van der Waals surface area contributed by atoms with Gasteiger partial charge in [0.1, 0.15) is 10.7 Å². The first-order chi connectivity index (χ1) is 7.24. The van der Waals surface area contributed by atoms with E-state index in [0.717, 1.165) is 34.2 Å². The Morgan fingerprint density at radius 2 is 2.40 bits per heavy atom. The number of rotatable bonds is 3. The number of aryl methyl sites for hydroxylation is 2. The van der Waals surface area contributed by atoms with Gasteiger partial charge in [-0.1, -0.05) is 22.9 Å². The van der Waals surface area contributed by atoms with Crippen LogP contribution in [0.25, 0.3) is 10.2 Å². The summed E-state index contributed by atoms with van der Waals surface area (Å²) < 4.78 is 0. The fourth-order valence-electron chi connectivity index (χ4n) is 1.41. The van der Waals surface area contributed by atoms with Gasteiger partial charge in [0.15, 0.2) is 0 Å². The molecule has 80 valence electrons. The molecule has 0 saturated heterocycles. The summed E-state index contributed by atoms with van der Waals surface area (Å²) in [5.41, 5.74) is -0.0214. The van der Waals surface area contributed by atoms with E-state index in [-0.39, 0.29) is 5.56 Å². The minimum Gasteiger partial charge on any atom is -0.310 e. The molecule has 0 saturated carbocycles. The van der Waals surface area contributed by atoms with Crippen LogP contribution < -0.4 is 5.56 Å². The van der Waals surface area contributed by atoms with Gasteiger partial charge in [-0.05, 0) is 12.5 Å². The molecule has 0 aliphatic rings. The second kappa shape index (κ2) is 4.45. The van der Waals surface area contributed by atoms with Crippen molar-refractivity contribution in [3.63, 3.8) is 0 Å². The van der Waals surface area contributed by atoms with E-state index in [1.807, 2.05) is 6.07 Å². The Morgan fingerprint density at radius 1 is 1.60 bits per heavy atom. The lowest BCUT2D eigenvalue weighted by molar-refractivity contribution is 0.960. The molecule has 0 aliphatic carbocycles. The number of hydrogen-bond acceptors (Lipinski definition) is 3. The molecule has 2 aromatic heterocycles. The van der Waals surface area contributed by atoms with Gasteiger partial charge < -0.3 is 4.98 Å². The van der Waals surface area contributed by atoms with Crippen LogP contribution in [0.4, 0.5) is 0 Å². The Hall–Kier alpha value is -0.680. The summed E-state index contributed by atoms with van der Waals surface area (Å²) in [6, 6.07) is 1.93. The molecular formula is C10H11BrN2OS. The van der Waals surface area contributed by atoms with Crippen molar-refractivity contribution in [2.75, 3.05) is 5.33 Å². The van der Waals surface area contributed by atoms with E-state index in [1.54, 1.807) is 11.3 Å². The summed E-state index contributed by atoms with van der Waals surface area (Å²) in [5.74, 6) is 0.758. The standard InChI is InChI=1S/C10H11BrN2OS/c1-2-6-5-7-9(14)12-8(3-4-11)13-10(7)15-6/h5H,2-4H2,1H3,(H,12,13,14). The van der Waals surface area contributed by atoms with Crippen LogP contribution in [0.5, 0.6) is 0 Å². The van der Waals surface area contributed by atoms with Crippen molar-refractivity contribution < 1.29 is 0 Å². The molecule has 2 heterocycles. The number of nitrogens with one attached hydrogen (secondary N) is 1. The lowest BCUT2D eigenvalue weighted by Gasteiger charge is -1.96. The van der Waals surface area contributed by atoms with Crippen molar-refractivity contribution in [2.45, 2.75) is 19.8 Å². The Morgan fingerprint density at radius 3 is 3.07 bits per heavy atom. The van der Waals surface area contributed by atoms with Crippen LogP contribution >= 0.6 is 27.3 Å². The number of aromatic nitrogens is 2. The minimum atomic E-state index is -0.0214. The van der Waals surface area contributed by atoms with Crippen LogP contribution in [0.1, 0.15) is 17.6 Å². The molecule has 0 unspecified atom stereocenters. The monoisotopic (exact) mass is 286 g/mol. The van der Waals surface area contributed by atoms with E-state index in [2.05, 4.69) is 32.8 Å². The Bertz CT molecular complexity index is 532. The van der Waals surface area contributed by atoms with Gasteiger partial charge in [-0.25, -0.2) is 4.98 Å². The highest BCUT2D eigenvalue weighted by molar-refractivity contribution is 9.09. The second-order valence-electron chi connectivity index (χ2n) is 3.24. The highest BCUT2D eigenvalue weighted by Crippen LogP contribution is 2.21. The normalized spacial score (nSPS) is 11.1. The van der Waals surface area contributed by atoms with Gasteiger partial charge in [0.25, 0.3) is 5.56 Å². The number of thiophene rings is 1. The summed E-state index contributed by atoms with van der Waals surface area (Å²) in [6.07, 6.45) is 1.71. The molecule has 0 radical (unpaired) electrons. The van der Waals surface area contributed by atoms with E-state index in [4.69, 9.17) is 0 Å². The number of hydrogen-bond donors (Lipinski definition) is 1. The largest absolute Gasteiger partial charge is 0.310 e. The van der Waals surface area contributed by atoms with Crippen molar-refractivity contribution in [3.8, 4) is 0 Å². The molecule has 0 amide bonds. The molecule has 0 spiro atoms. The number of H-pyrrole nitrogens is 1. The average Bonchev–Trinajstić information content (AvgIpc) is 2.62. The van der Waals surface area contributed by atoms with Gasteiger partial charge in [0.05, 0.1) is 5.39 Å². The molecule has 2 aromatic rings. The Kier molecular flexibility index (Phi) is 3.21. The zero-order valence-electron chi connectivity index (χ0n) is 8.34. The molecule has 3 nitrogen and oxygen atoms in total. The summed E-state index contributed by atoms with van der Waals surface area (Å²) in [4.78, 5) is 21.0. The fourth-order valence-corrected chi connectivity index (χ4v) is 2.77. The SMILES string of the molecule is CCc1cc2c(=O)[nH]c(CCBr)nc2s1. The van der Waals surface area contributed by atoms with Gasteiger partial charge in [0.2, 0.25) is 0 Å².